The zero-order valence-electron chi connectivity index (χ0n) is 11.3. The number of methoxy groups -OCH3 is 1. The molecular weight excluding hydrogens is 275 g/mol. The van der Waals surface area contributed by atoms with Crippen LogP contribution in [0.4, 0.5) is 4.39 Å². The monoisotopic (exact) mass is 292 g/mol. The van der Waals surface area contributed by atoms with Gasteiger partial charge in [-0.15, -0.1) is 11.3 Å². The van der Waals surface area contributed by atoms with Gasteiger partial charge in [0.2, 0.25) is 0 Å². The molecule has 1 heterocycles. The Kier molecular flexibility index (Phi) is 3.76. The third kappa shape index (κ3) is 2.34. The average Bonchev–Trinajstić information content (AvgIpc) is 2.94. The number of aryl methyl sites for hydroxylation is 1. The van der Waals surface area contributed by atoms with Crippen molar-refractivity contribution in [3.8, 4) is 5.75 Å². The molecule has 0 saturated heterocycles. The van der Waals surface area contributed by atoms with Crippen molar-refractivity contribution in [2.24, 2.45) is 0 Å². The molecule has 1 aromatic heterocycles. The van der Waals surface area contributed by atoms with Gasteiger partial charge in [0.15, 0.2) is 0 Å². The summed E-state index contributed by atoms with van der Waals surface area (Å²) in [5, 5.41) is 12.8. The van der Waals surface area contributed by atoms with Crippen LogP contribution in [0, 0.1) is 5.82 Å². The summed E-state index contributed by atoms with van der Waals surface area (Å²) in [6.07, 6.45) is 2.34. The summed E-state index contributed by atoms with van der Waals surface area (Å²) in [4.78, 5) is 1.34. The quantitative estimate of drug-likeness (QED) is 0.925. The molecule has 4 heteroatoms. The molecule has 1 aromatic carbocycles. The van der Waals surface area contributed by atoms with Crippen molar-refractivity contribution in [2.45, 2.75) is 31.3 Å². The molecule has 20 heavy (non-hydrogen) atoms. The molecule has 1 aliphatic rings. The van der Waals surface area contributed by atoms with Crippen LogP contribution >= 0.6 is 11.3 Å². The zero-order chi connectivity index (χ0) is 14.1. The second-order valence-corrected chi connectivity index (χ2v) is 6.13. The topological polar surface area (TPSA) is 29.5 Å². The SMILES string of the molecule is COc1ccc(F)cc1C(O)C1CCCc2sccc21. The number of fused-ring (bicyclic) bond motifs is 1. The first-order valence-corrected chi connectivity index (χ1v) is 7.66. The molecule has 1 N–H and O–H groups in total. The Labute approximate surface area is 121 Å². The number of aliphatic hydroxyl groups is 1. The van der Waals surface area contributed by atoms with Gasteiger partial charge in [0.1, 0.15) is 11.6 Å². The van der Waals surface area contributed by atoms with E-state index in [4.69, 9.17) is 4.74 Å². The Morgan fingerprint density at radius 2 is 2.25 bits per heavy atom. The van der Waals surface area contributed by atoms with Gasteiger partial charge in [-0.05, 0) is 54.5 Å². The number of hydrogen-bond acceptors (Lipinski definition) is 3. The Hall–Kier alpha value is -1.39. The maximum Gasteiger partial charge on any atom is 0.124 e. The van der Waals surface area contributed by atoms with E-state index in [1.54, 1.807) is 24.5 Å². The normalized spacial score (nSPS) is 19.4. The number of aliphatic hydroxyl groups excluding tert-OH is 1. The zero-order valence-corrected chi connectivity index (χ0v) is 12.1. The Bertz CT molecular complexity index is 608. The number of halogens is 1. The summed E-state index contributed by atoms with van der Waals surface area (Å²) in [6.45, 7) is 0. The van der Waals surface area contributed by atoms with Crippen LogP contribution in [0.25, 0.3) is 0 Å². The van der Waals surface area contributed by atoms with Crippen LogP contribution in [-0.4, -0.2) is 12.2 Å². The highest BCUT2D eigenvalue weighted by molar-refractivity contribution is 7.10. The lowest BCUT2D eigenvalue weighted by Gasteiger charge is -2.28. The van der Waals surface area contributed by atoms with Crippen molar-refractivity contribution in [1.82, 2.24) is 0 Å². The van der Waals surface area contributed by atoms with Crippen molar-refractivity contribution in [1.29, 1.82) is 0 Å². The molecule has 0 aliphatic heterocycles. The van der Waals surface area contributed by atoms with Crippen molar-refractivity contribution in [2.75, 3.05) is 7.11 Å². The molecule has 0 bridgehead atoms. The minimum Gasteiger partial charge on any atom is -0.496 e. The number of thiophene rings is 1. The largest absolute Gasteiger partial charge is 0.496 e. The predicted octanol–water partition coefficient (Wildman–Crippen LogP) is 4.05. The molecular formula is C16H17FO2S. The van der Waals surface area contributed by atoms with Gasteiger partial charge in [-0.3, -0.25) is 0 Å². The third-order valence-electron chi connectivity index (χ3n) is 3.99. The fraction of sp³-hybridized carbons (Fsp3) is 0.375. The first-order valence-electron chi connectivity index (χ1n) is 6.78. The van der Waals surface area contributed by atoms with E-state index in [2.05, 4.69) is 11.4 Å². The molecule has 2 atom stereocenters. The van der Waals surface area contributed by atoms with Crippen molar-refractivity contribution >= 4 is 11.3 Å². The predicted molar refractivity (Wildman–Crippen MR) is 77.9 cm³/mol. The highest BCUT2D eigenvalue weighted by Gasteiger charge is 2.30. The molecule has 106 valence electrons. The van der Waals surface area contributed by atoms with Gasteiger partial charge in [-0.2, -0.15) is 0 Å². The third-order valence-corrected chi connectivity index (χ3v) is 4.99. The average molecular weight is 292 g/mol. The number of rotatable bonds is 3. The number of ether oxygens (including phenoxy) is 1. The smallest absolute Gasteiger partial charge is 0.124 e. The summed E-state index contributed by atoms with van der Waals surface area (Å²) in [5.41, 5.74) is 1.75. The molecule has 2 unspecified atom stereocenters. The highest BCUT2D eigenvalue weighted by Crippen LogP contribution is 2.44. The van der Waals surface area contributed by atoms with Crippen LogP contribution < -0.4 is 4.74 Å². The molecule has 0 saturated carbocycles. The van der Waals surface area contributed by atoms with E-state index in [-0.39, 0.29) is 11.7 Å². The van der Waals surface area contributed by atoms with E-state index in [9.17, 15) is 9.50 Å². The van der Waals surface area contributed by atoms with Gasteiger partial charge >= 0.3 is 0 Å². The second-order valence-electron chi connectivity index (χ2n) is 5.13. The summed E-state index contributed by atoms with van der Waals surface area (Å²) < 4.78 is 18.7. The molecule has 1 aliphatic carbocycles. The van der Waals surface area contributed by atoms with Crippen LogP contribution in [0.1, 0.15) is 40.9 Å². The molecule has 0 spiro atoms. The van der Waals surface area contributed by atoms with Crippen LogP contribution in [-0.2, 0) is 6.42 Å². The molecule has 2 nitrogen and oxygen atoms in total. The summed E-state index contributed by atoms with van der Waals surface area (Å²) in [6, 6.07) is 6.39. The van der Waals surface area contributed by atoms with Gasteiger partial charge in [0.05, 0.1) is 13.2 Å². The van der Waals surface area contributed by atoms with E-state index < -0.39 is 6.10 Å². The molecule has 2 aromatic rings. The molecule has 0 fully saturated rings. The van der Waals surface area contributed by atoms with Crippen LogP contribution in [0.3, 0.4) is 0 Å². The van der Waals surface area contributed by atoms with E-state index in [1.165, 1.54) is 22.6 Å². The van der Waals surface area contributed by atoms with Gasteiger partial charge in [-0.25, -0.2) is 4.39 Å². The van der Waals surface area contributed by atoms with Crippen molar-refractivity contribution in [3.63, 3.8) is 0 Å². The molecule has 3 rings (SSSR count). The second kappa shape index (κ2) is 5.54. The lowest BCUT2D eigenvalue weighted by atomic mass is 9.81. The van der Waals surface area contributed by atoms with Crippen LogP contribution in [0.2, 0.25) is 0 Å². The fourth-order valence-electron chi connectivity index (χ4n) is 3.00. The minimum atomic E-state index is -0.728. The van der Waals surface area contributed by atoms with E-state index >= 15 is 0 Å². The van der Waals surface area contributed by atoms with Gasteiger partial charge in [0.25, 0.3) is 0 Å². The van der Waals surface area contributed by atoms with Crippen LogP contribution in [0.5, 0.6) is 5.75 Å². The summed E-state index contributed by atoms with van der Waals surface area (Å²) >= 11 is 1.74. The van der Waals surface area contributed by atoms with Gasteiger partial charge in [0, 0.05) is 16.4 Å². The number of hydrogen-bond donors (Lipinski definition) is 1. The van der Waals surface area contributed by atoms with Crippen molar-refractivity contribution in [3.05, 3.63) is 51.5 Å². The Morgan fingerprint density at radius 3 is 3.05 bits per heavy atom. The summed E-state index contributed by atoms with van der Waals surface area (Å²) in [7, 11) is 1.54. The first-order chi connectivity index (χ1) is 9.70. The standard InChI is InChI=1S/C16H17FO2S/c1-19-14-6-5-10(17)9-13(14)16(18)12-3-2-4-15-11(12)7-8-20-15/h5-9,12,16,18H,2-4H2,1H3. The lowest BCUT2D eigenvalue weighted by Crippen LogP contribution is -2.16. The first kappa shape index (κ1) is 13.6. The van der Waals surface area contributed by atoms with Gasteiger partial charge < -0.3 is 9.84 Å². The van der Waals surface area contributed by atoms with E-state index in [0.717, 1.165) is 19.3 Å². The fourth-order valence-corrected chi connectivity index (χ4v) is 4.00. The van der Waals surface area contributed by atoms with Crippen LogP contribution in [0.15, 0.2) is 29.6 Å². The molecule has 0 radical (unpaired) electrons. The Balaban J connectivity index is 1.98. The maximum atomic E-state index is 13.5. The van der Waals surface area contributed by atoms with E-state index in [1.807, 2.05) is 0 Å². The minimum absolute atomic E-state index is 0.0284. The lowest BCUT2D eigenvalue weighted by molar-refractivity contribution is 0.132. The Morgan fingerprint density at radius 1 is 1.40 bits per heavy atom. The number of benzene rings is 1. The maximum absolute atomic E-state index is 13.5. The summed E-state index contributed by atoms with van der Waals surface area (Å²) in [5.74, 6) is 0.225. The molecule has 0 amide bonds. The van der Waals surface area contributed by atoms with E-state index in [0.29, 0.717) is 11.3 Å². The van der Waals surface area contributed by atoms with Gasteiger partial charge in [-0.1, -0.05) is 0 Å². The van der Waals surface area contributed by atoms with Crippen molar-refractivity contribution < 1.29 is 14.2 Å². The highest BCUT2D eigenvalue weighted by atomic mass is 32.1.